The maximum absolute atomic E-state index is 13.7. The van der Waals surface area contributed by atoms with Gasteiger partial charge in [0.05, 0.1) is 5.60 Å². The Morgan fingerprint density at radius 2 is 1.95 bits per heavy atom. The van der Waals surface area contributed by atoms with Gasteiger partial charge in [0, 0.05) is 18.4 Å². The van der Waals surface area contributed by atoms with Gasteiger partial charge >= 0.3 is 5.97 Å². The SMILES string of the molecule is O=C(O)/C=C/C1C=CC=CC1(O)Cc1ccc(F)c(F)c1F. The number of rotatable bonds is 4. The molecule has 1 aromatic rings. The van der Waals surface area contributed by atoms with E-state index in [1.165, 1.54) is 24.3 Å². The van der Waals surface area contributed by atoms with Crippen LogP contribution in [0.4, 0.5) is 13.2 Å². The first-order chi connectivity index (χ1) is 10.3. The number of carboxylic acid groups (broad SMARTS) is 1. The summed E-state index contributed by atoms with van der Waals surface area (Å²) >= 11 is 0. The second kappa shape index (κ2) is 6.19. The fraction of sp³-hybridized carbons (Fsp3) is 0.188. The van der Waals surface area contributed by atoms with E-state index in [1.807, 2.05) is 0 Å². The molecule has 0 saturated heterocycles. The van der Waals surface area contributed by atoms with Gasteiger partial charge in [-0.25, -0.2) is 18.0 Å². The summed E-state index contributed by atoms with van der Waals surface area (Å²) in [6.07, 6.45) is 7.81. The van der Waals surface area contributed by atoms with Crippen LogP contribution in [0, 0.1) is 23.4 Å². The van der Waals surface area contributed by atoms with E-state index in [4.69, 9.17) is 5.11 Å². The average Bonchev–Trinajstić information content (AvgIpc) is 2.47. The summed E-state index contributed by atoms with van der Waals surface area (Å²) in [5, 5.41) is 19.3. The standard InChI is InChI=1S/C16H13F3O3/c17-12-6-4-10(14(18)15(12)19)9-16(22)8-2-1-3-11(16)5-7-13(20)21/h1-8,11,22H,9H2,(H,20,21)/b7-5+. The normalized spacial score (nSPS) is 24.1. The van der Waals surface area contributed by atoms with Crippen molar-refractivity contribution in [2.45, 2.75) is 12.0 Å². The summed E-state index contributed by atoms with van der Waals surface area (Å²) in [7, 11) is 0. The monoisotopic (exact) mass is 310 g/mol. The number of benzene rings is 1. The fourth-order valence-electron chi connectivity index (χ4n) is 2.28. The quantitative estimate of drug-likeness (QED) is 0.664. The van der Waals surface area contributed by atoms with Gasteiger partial charge in [-0.2, -0.15) is 0 Å². The highest BCUT2D eigenvalue weighted by Crippen LogP contribution is 2.31. The van der Waals surface area contributed by atoms with Gasteiger partial charge in [-0.15, -0.1) is 0 Å². The minimum atomic E-state index is -1.63. The number of aliphatic hydroxyl groups is 1. The van der Waals surface area contributed by atoms with Crippen LogP contribution in [0.3, 0.4) is 0 Å². The van der Waals surface area contributed by atoms with E-state index in [2.05, 4.69) is 0 Å². The Hall–Kier alpha value is -2.34. The molecule has 2 N–H and O–H groups in total. The van der Waals surface area contributed by atoms with Crippen LogP contribution in [0.1, 0.15) is 5.56 Å². The smallest absolute Gasteiger partial charge is 0.327 e. The molecule has 116 valence electrons. The molecule has 1 aliphatic carbocycles. The highest BCUT2D eigenvalue weighted by molar-refractivity contribution is 5.79. The lowest BCUT2D eigenvalue weighted by Gasteiger charge is -2.32. The van der Waals surface area contributed by atoms with E-state index in [0.29, 0.717) is 0 Å². The van der Waals surface area contributed by atoms with E-state index in [-0.39, 0.29) is 12.0 Å². The highest BCUT2D eigenvalue weighted by atomic mass is 19.2. The van der Waals surface area contributed by atoms with Crippen molar-refractivity contribution >= 4 is 5.97 Å². The minimum Gasteiger partial charge on any atom is -0.478 e. The molecule has 0 fully saturated rings. The topological polar surface area (TPSA) is 57.5 Å². The third-order valence-corrected chi connectivity index (χ3v) is 3.43. The van der Waals surface area contributed by atoms with Crippen molar-refractivity contribution in [3.8, 4) is 0 Å². The molecule has 1 aliphatic rings. The molecule has 0 heterocycles. The van der Waals surface area contributed by atoms with Crippen molar-refractivity contribution in [3.05, 3.63) is 71.6 Å². The molecule has 1 aromatic carbocycles. The van der Waals surface area contributed by atoms with Gasteiger partial charge in [-0.1, -0.05) is 36.4 Å². The molecular weight excluding hydrogens is 297 g/mol. The maximum Gasteiger partial charge on any atom is 0.327 e. The Labute approximate surface area is 124 Å². The van der Waals surface area contributed by atoms with Gasteiger partial charge in [0.15, 0.2) is 17.5 Å². The summed E-state index contributed by atoms with van der Waals surface area (Å²) in [4.78, 5) is 10.6. The molecule has 22 heavy (non-hydrogen) atoms. The number of halogens is 3. The molecule has 0 aromatic heterocycles. The summed E-state index contributed by atoms with van der Waals surface area (Å²) in [6.45, 7) is 0. The minimum absolute atomic E-state index is 0.199. The summed E-state index contributed by atoms with van der Waals surface area (Å²) in [5.74, 6) is -6.20. The van der Waals surface area contributed by atoms with Crippen LogP contribution in [0.5, 0.6) is 0 Å². The van der Waals surface area contributed by atoms with E-state index >= 15 is 0 Å². The molecule has 0 spiro atoms. The van der Waals surface area contributed by atoms with E-state index < -0.39 is 34.9 Å². The molecule has 3 nitrogen and oxygen atoms in total. The van der Waals surface area contributed by atoms with Crippen molar-refractivity contribution in [3.63, 3.8) is 0 Å². The number of carbonyl (C=O) groups is 1. The molecule has 6 heteroatoms. The molecule has 0 saturated carbocycles. The van der Waals surface area contributed by atoms with Gasteiger partial charge in [-0.3, -0.25) is 0 Å². The second-order valence-electron chi connectivity index (χ2n) is 4.97. The van der Waals surface area contributed by atoms with Crippen molar-refractivity contribution < 1.29 is 28.2 Å². The average molecular weight is 310 g/mol. The first-order valence-corrected chi connectivity index (χ1v) is 6.45. The number of aliphatic carboxylic acids is 1. The Morgan fingerprint density at radius 1 is 1.23 bits per heavy atom. The fourth-order valence-corrected chi connectivity index (χ4v) is 2.28. The predicted octanol–water partition coefficient (Wildman–Crippen LogP) is 2.76. The van der Waals surface area contributed by atoms with Crippen LogP contribution in [0.2, 0.25) is 0 Å². The van der Waals surface area contributed by atoms with Crippen molar-refractivity contribution in [1.29, 1.82) is 0 Å². The number of allylic oxidation sites excluding steroid dienone is 2. The van der Waals surface area contributed by atoms with Crippen LogP contribution in [0.15, 0.2) is 48.6 Å². The number of hydrogen-bond donors (Lipinski definition) is 2. The van der Waals surface area contributed by atoms with Crippen LogP contribution < -0.4 is 0 Å². The van der Waals surface area contributed by atoms with Gasteiger partial charge in [0.1, 0.15) is 0 Å². The first-order valence-electron chi connectivity index (χ1n) is 6.45. The molecule has 2 atom stereocenters. The molecule has 0 radical (unpaired) electrons. The van der Waals surface area contributed by atoms with Crippen LogP contribution >= 0.6 is 0 Å². The maximum atomic E-state index is 13.7. The summed E-state index contributed by atoms with van der Waals surface area (Å²) in [5.41, 5.74) is -1.83. The van der Waals surface area contributed by atoms with Crippen molar-refractivity contribution in [2.24, 2.45) is 5.92 Å². The van der Waals surface area contributed by atoms with Crippen molar-refractivity contribution in [1.82, 2.24) is 0 Å². The molecule has 0 aliphatic heterocycles. The zero-order valence-corrected chi connectivity index (χ0v) is 11.3. The number of carboxylic acids is 1. The first kappa shape index (κ1) is 16.0. The molecule has 0 amide bonds. The molecular formula is C16H13F3O3. The van der Waals surface area contributed by atoms with E-state index in [9.17, 15) is 23.1 Å². The Morgan fingerprint density at radius 3 is 2.64 bits per heavy atom. The molecule has 2 rings (SSSR count). The number of hydrogen-bond acceptors (Lipinski definition) is 2. The summed E-state index contributed by atoms with van der Waals surface area (Å²) < 4.78 is 40.0. The largest absolute Gasteiger partial charge is 0.478 e. The Bertz CT molecular complexity index is 679. The predicted molar refractivity (Wildman–Crippen MR) is 73.5 cm³/mol. The van der Waals surface area contributed by atoms with E-state index in [1.54, 1.807) is 6.08 Å². The van der Waals surface area contributed by atoms with Gasteiger partial charge < -0.3 is 10.2 Å². The summed E-state index contributed by atoms with van der Waals surface area (Å²) in [6, 6.07) is 1.83. The van der Waals surface area contributed by atoms with Crippen LogP contribution in [0.25, 0.3) is 0 Å². The lowest BCUT2D eigenvalue weighted by molar-refractivity contribution is -0.131. The second-order valence-corrected chi connectivity index (χ2v) is 4.97. The third-order valence-electron chi connectivity index (χ3n) is 3.43. The zero-order chi connectivity index (χ0) is 16.3. The lowest BCUT2D eigenvalue weighted by Crippen LogP contribution is -2.38. The third kappa shape index (κ3) is 3.28. The Kier molecular flexibility index (Phi) is 4.51. The Balaban J connectivity index is 2.33. The zero-order valence-electron chi connectivity index (χ0n) is 11.3. The van der Waals surface area contributed by atoms with Gasteiger partial charge in [0.25, 0.3) is 0 Å². The lowest BCUT2D eigenvalue weighted by atomic mass is 9.79. The molecule has 2 unspecified atom stereocenters. The van der Waals surface area contributed by atoms with Gasteiger partial charge in [-0.05, 0) is 11.6 Å². The van der Waals surface area contributed by atoms with Crippen LogP contribution in [-0.2, 0) is 11.2 Å². The van der Waals surface area contributed by atoms with Crippen molar-refractivity contribution in [2.75, 3.05) is 0 Å². The van der Waals surface area contributed by atoms with Gasteiger partial charge in [0.2, 0.25) is 0 Å². The molecule has 0 bridgehead atoms. The highest BCUT2D eigenvalue weighted by Gasteiger charge is 2.34. The van der Waals surface area contributed by atoms with E-state index in [0.717, 1.165) is 18.2 Å². The van der Waals surface area contributed by atoms with Crippen LogP contribution in [-0.4, -0.2) is 21.8 Å².